The molecule has 0 fully saturated rings. The number of anilines is 1. The van der Waals surface area contributed by atoms with Crippen molar-refractivity contribution in [1.82, 2.24) is 0 Å². The van der Waals surface area contributed by atoms with Crippen LogP contribution in [-0.4, -0.2) is 20.1 Å². The van der Waals surface area contributed by atoms with Gasteiger partial charge in [0.25, 0.3) is 0 Å². The van der Waals surface area contributed by atoms with Gasteiger partial charge in [0.1, 0.15) is 11.5 Å². The van der Waals surface area contributed by atoms with Crippen molar-refractivity contribution in [3.8, 4) is 11.5 Å². The van der Waals surface area contributed by atoms with Gasteiger partial charge in [0.05, 0.1) is 19.9 Å². The lowest BCUT2D eigenvalue weighted by molar-refractivity contribution is -0.116. The Morgan fingerprint density at radius 1 is 1.14 bits per heavy atom. The molecule has 0 saturated carbocycles. The van der Waals surface area contributed by atoms with Crippen LogP contribution in [0.2, 0.25) is 0 Å². The largest absolute Gasteiger partial charge is 0.497 e. The minimum atomic E-state index is -0.0197. The summed E-state index contributed by atoms with van der Waals surface area (Å²) >= 11 is 1.66. The lowest BCUT2D eigenvalue weighted by Gasteiger charge is -2.18. The molecule has 3 rings (SSSR count). The van der Waals surface area contributed by atoms with Crippen LogP contribution in [0, 0.1) is 0 Å². The van der Waals surface area contributed by atoms with Crippen LogP contribution in [0.5, 0.6) is 11.5 Å². The number of hydrogen-bond donors (Lipinski definition) is 1. The maximum Gasteiger partial charge on any atom is 0.225 e. The van der Waals surface area contributed by atoms with Gasteiger partial charge in [-0.3, -0.25) is 4.79 Å². The SMILES string of the molecule is COc1ccc(OC)c(C2CC(=O)Nc3ccccc3S2)c1. The van der Waals surface area contributed by atoms with E-state index < -0.39 is 0 Å². The molecule has 0 radical (unpaired) electrons. The molecule has 0 spiro atoms. The molecule has 5 heteroatoms. The molecule has 4 nitrogen and oxygen atoms in total. The van der Waals surface area contributed by atoms with Gasteiger partial charge in [-0.05, 0) is 30.3 Å². The van der Waals surface area contributed by atoms with Crippen LogP contribution in [0.4, 0.5) is 5.69 Å². The van der Waals surface area contributed by atoms with Crippen molar-refractivity contribution in [2.75, 3.05) is 19.5 Å². The normalized spacial score (nSPS) is 17.2. The van der Waals surface area contributed by atoms with E-state index in [1.54, 1.807) is 26.0 Å². The first kappa shape index (κ1) is 14.8. The predicted molar refractivity (Wildman–Crippen MR) is 87.8 cm³/mol. The molecule has 0 aliphatic carbocycles. The van der Waals surface area contributed by atoms with Crippen LogP contribution >= 0.6 is 11.8 Å². The first-order valence-electron chi connectivity index (χ1n) is 6.98. The Labute approximate surface area is 133 Å². The Bertz CT molecular complexity index is 702. The molecular weight excluding hydrogens is 298 g/mol. The fraction of sp³-hybridized carbons (Fsp3) is 0.235. The number of nitrogens with one attached hydrogen (secondary N) is 1. The van der Waals surface area contributed by atoms with E-state index in [0.29, 0.717) is 6.42 Å². The molecule has 2 aromatic rings. The van der Waals surface area contributed by atoms with E-state index in [-0.39, 0.29) is 11.2 Å². The minimum absolute atomic E-state index is 0.00678. The molecule has 1 unspecified atom stereocenters. The van der Waals surface area contributed by atoms with Crippen LogP contribution in [0.15, 0.2) is 47.4 Å². The summed E-state index contributed by atoms with van der Waals surface area (Å²) in [6, 6.07) is 13.5. The van der Waals surface area contributed by atoms with Crippen molar-refractivity contribution in [2.45, 2.75) is 16.6 Å². The fourth-order valence-corrected chi connectivity index (χ4v) is 3.76. The van der Waals surface area contributed by atoms with E-state index in [1.807, 2.05) is 42.5 Å². The van der Waals surface area contributed by atoms with Gasteiger partial charge in [-0.1, -0.05) is 12.1 Å². The number of ether oxygens (including phenoxy) is 2. The number of hydrogen-bond acceptors (Lipinski definition) is 4. The Kier molecular flexibility index (Phi) is 4.24. The van der Waals surface area contributed by atoms with Gasteiger partial charge in [0.2, 0.25) is 5.91 Å². The van der Waals surface area contributed by atoms with Gasteiger partial charge in [0, 0.05) is 22.1 Å². The highest BCUT2D eigenvalue weighted by molar-refractivity contribution is 7.99. The number of carbonyl (C=O) groups is 1. The van der Waals surface area contributed by atoms with Gasteiger partial charge in [-0.15, -0.1) is 11.8 Å². The van der Waals surface area contributed by atoms with Crippen molar-refractivity contribution in [2.24, 2.45) is 0 Å². The van der Waals surface area contributed by atoms with E-state index >= 15 is 0 Å². The molecule has 1 aliphatic heterocycles. The summed E-state index contributed by atoms with van der Waals surface area (Å²) in [4.78, 5) is 13.2. The third-order valence-electron chi connectivity index (χ3n) is 3.58. The Morgan fingerprint density at radius 3 is 2.73 bits per heavy atom. The molecule has 1 heterocycles. The van der Waals surface area contributed by atoms with E-state index in [9.17, 15) is 4.79 Å². The van der Waals surface area contributed by atoms with Crippen LogP contribution in [0.3, 0.4) is 0 Å². The van der Waals surface area contributed by atoms with Crippen LogP contribution in [0.1, 0.15) is 17.2 Å². The monoisotopic (exact) mass is 315 g/mol. The second-order valence-electron chi connectivity index (χ2n) is 4.96. The third-order valence-corrected chi connectivity index (χ3v) is 4.90. The summed E-state index contributed by atoms with van der Waals surface area (Å²) in [6.07, 6.45) is 0.392. The lowest BCUT2D eigenvalue weighted by Crippen LogP contribution is -2.12. The smallest absolute Gasteiger partial charge is 0.225 e. The summed E-state index contributed by atoms with van der Waals surface area (Å²) < 4.78 is 10.8. The molecule has 22 heavy (non-hydrogen) atoms. The van der Waals surface area contributed by atoms with Crippen LogP contribution in [-0.2, 0) is 4.79 Å². The van der Waals surface area contributed by atoms with E-state index in [0.717, 1.165) is 27.6 Å². The zero-order chi connectivity index (χ0) is 15.5. The van der Waals surface area contributed by atoms with E-state index in [2.05, 4.69) is 5.32 Å². The highest BCUT2D eigenvalue weighted by atomic mass is 32.2. The quantitative estimate of drug-likeness (QED) is 0.934. The zero-order valence-electron chi connectivity index (χ0n) is 12.5. The highest BCUT2D eigenvalue weighted by Crippen LogP contribution is 2.46. The Balaban J connectivity index is 2.02. The summed E-state index contributed by atoms with van der Waals surface area (Å²) in [5, 5.41) is 2.94. The Morgan fingerprint density at radius 2 is 1.95 bits per heavy atom. The number of fused-ring (bicyclic) bond motifs is 1. The summed E-state index contributed by atoms with van der Waals surface area (Å²) in [7, 11) is 3.27. The number of rotatable bonds is 3. The van der Waals surface area contributed by atoms with Crippen molar-refractivity contribution in [3.05, 3.63) is 48.0 Å². The average molecular weight is 315 g/mol. The van der Waals surface area contributed by atoms with Crippen molar-refractivity contribution >= 4 is 23.4 Å². The molecule has 0 bridgehead atoms. The summed E-state index contributed by atoms with van der Waals surface area (Å²) in [5.41, 5.74) is 1.83. The van der Waals surface area contributed by atoms with E-state index in [4.69, 9.17) is 9.47 Å². The van der Waals surface area contributed by atoms with Crippen molar-refractivity contribution < 1.29 is 14.3 Å². The number of benzene rings is 2. The fourth-order valence-electron chi connectivity index (χ4n) is 2.50. The minimum Gasteiger partial charge on any atom is -0.497 e. The molecule has 0 saturated heterocycles. The van der Waals surface area contributed by atoms with Gasteiger partial charge >= 0.3 is 0 Å². The topological polar surface area (TPSA) is 47.6 Å². The lowest BCUT2D eigenvalue weighted by atomic mass is 10.1. The second-order valence-corrected chi connectivity index (χ2v) is 6.21. The summed E-state index contributed by atoms with van der Waals surface area (Å²) in [6.45, 7) is 0. The van der Waals surface area contributed by atoms with Crippen LogP contribution < -0.4 is 14.8 Å². The molecule has 2 aromatic carbocycles. The Hall–Kier alpha value is -2.14. The number of amides is 1. The highest BCUT2D eigenvalue weighted by Gasteiger charge is 2.26. The third kappa shape index (κ3) is 2.90. The number of carbonyl (C=O) groups excluding carboxylic acids is 1. The molecule has 0 aromatic heterocycles. The van der Waals surface area contributed by atoms with Gasteiger partial charge < -0.3 is 14.8 Å². The maximum atomic E-state index is 12.2. The van der Waals surface area contributed by atoms with Crippen molar-refractivity contribution in [1.29, 1.82) is 0 Å². The maximum absolute atomic E-state index is 12.2. The first-order chi connectivity index (χ1) is 10.7. The molecule has 1 N–H and O–H groups in total. The molecule has 114 valence electrons. The molecule has 1 atom stereocenters. The molecule has 1 amide bonds. The van der Waals surface area contributed by atoms with Gasteiger partial charge in [-0.25, -0.2) is 0 Å². The van der Waals surface area contributed by atoms with Gasteiger partial charge in [-0.2, -0.15) is 0 Å². The second kappa shape index (κ2) is 6.32. The average Bonchev–Trinajstić information content (AvgIpc) is 2.72. The van der Waals surface area contributed by atoms with Crippen LogP contribution in [0.25, 0.3) is 0 Å². The standard InChI is InChI=1S/C17H17NO3S/c1-20-11-7-8-14(21-2)12(9-11)16-10-17(19)18-13-5-3-4-6-15(13)22-16/h3-9,16H,10H2,1-2H3,(H,18,19). The number of thioether (sulfide) groups is 1. The molecular formula is C17H17NO3S. The summed E-state index contributed by atoms with van der Waals surface area (Å²) in [5.74, 6) is 1.53. The molecule has 1 aliphatic rings. The number of para-hydroxylation sites is 1. The van der Waals surface area contributed by atoms with Gasteiger partial charge in [0.15, 0.2) is 0 Å². The first-order valence-corrected chi connectivity index (χ1v) is 7.86. The number of methoxy groups -OCH3 is 2. The van der Waals surface area contributed by atoms with Crippen molar-refractivity contribution in [3.63, 3.8) is 0 Å². The van der Waals surface area contributed by atoms with E-state index in [1.165, 1.54) is 0 Å². The predicted octanol–water partition coefficient (Wildman–Crippen LogP) is 3.88. The zero-order valence-corrected chi connectivity index (χ0v) is 13.3.